The summed E-state index contributed by atoms with van der Waals surface area (Å²) in [5, 5.41) is 15.2. The minimum atomic E-state index is -1.24. The number of nitrogens with one attached hydrogen (secondary N) is 2. The number of carbonyl (C=O) groups excluding carboxylic acids is 1. The highest BCUT2D eigenvalue weighted by Gasteiger charge is 2.21. The van der Waals surface area contributed by atoms with Crippen molar-refractivity contribution in [2.75, 3.05) is 24.9 Å². The molecule has 0 heterocycles. The summed E-state index contributed by atoms with van der Waals surface area (Å²) in [6.07, 6.45) is -0.693. The first-order valence-electron chi connectivity index (χ1n) is 11.5. The number of hydrogen-bond acceptors (Lipinski definition) is 5. The van der Waals surface area contributed by atoms with Crippen LogP contribution in [0.3, 0.4) is 0 Å². The molecule has 0 aliphatic carbocycles. The number of carboxylic acid groups (broad SMARTS) is 1. The molecular formula is C29H25FN2O6. The third-order valence-electron chi connectivity index (χ3n) is 5.63. The molecule has 0 saturated carbocycles. The highest BCUT2D eigenvalue weighted by molar-refractivity contribution is 6.01. The largest absolute Gasteiger partial charge is 0.493 e. The van der Waals surface area contributed by atoms with Crippen LogP contribution < -0.4 is 24.8 Å². The molecule has 9 heteroatoms. The van der Waals surface area contributed by atoms with E-state index in [0.717, 1.165) is 5.56 Å². The number of benzene rings is 4. The zero-order chi connectivity index (χ0) is 27.1. The van der Waals surface area contributed by atoms with Crippen LogP contribution in [0.15, 0.2) is 91.0 Å². The quantitative estimate of drug-likeness (QED) is 0.239. The van der Waals surface area contributed by atoms with Gasteiger partial charge in [-0.2, -0.15) is 0 Å². The molecule has 0 bridgehead atoms. The molecular weight excluding hydrogens is 491 g/mol. The minimum Gasteiger partial charge on any atom is -0.493 e. The molecule has 0 aliphatic heterocycles. The predicted octanol–water partition coefficient (Wildman–Crippen LogP) is 6.35. The fraction of sp³-hybridized carbons (Fsp3) is 0.103. The summed E-state index contributed by atoms with van der Waals surface area (Å²) in [6, 6.07) is 23.6. The Balaban J connectivity index is 1.56. The number of urea groups is 1. The van der Waals surface area contributed by atoms with Crippen LogP contribution in [0.2, 0.25) is 0 Å². The van der Waals surface area contributed by atoms with Gasteiger partial charge in [-0.15, -0.1) is 0 Å². The minimum absolute atomic E-state index is 0.0847. The number of amides is 2. The second kappa shape index (κ2) is 11.8. The van der Waals surface area contributed by atoms with Crippen LogP contribution in [0.25, 0.3) is 0 Å². The lowest BCUT2D eigenvalue weighted by Crippen LogP contribution is -2.20. The van der Waals surface area contributed by atoms with Crippen molar-refractivity contribution in [3.63, 3.8) is 0 Å². The third-order valence-corrected chi connectivity index (χ3v) is 5.63. The van der Waals surface area contributed by atoms with Crippen LogP contribution in [0.5, 0.6) is 17.2 Å². The van der Waals surface area contributed by atoms with Crippen LogP contribution in [-0.4, -0.2) is 31.3 Å². The molecule has 1 atom stereocenters. The van der Waals surface area contributed by atoms with Crippen molar-refractivity contribution in [1.82, 2.24) is 0 Å². The number of halogens is 1. The number of anilines is 2. The van der Waals surface area contributed by atoms with Crippen LogP contribution >= 0.6 is 0 Å². The monoisotopic (exact) mass is 516 g/mol. The van der Waals surface area contributed by atoms with E-state index in [4.69, 9.17) is 14.2 Å². The zero-order valence-electron chi connectivity index (χ0n) is 20.6. The van der Waals surface area contributed by atoms with Crippen molar-refractivity contribution in [3.05, 3.63) is 114 Å². The lowest BCUT2D eigenvalue weighted by molar-refractivity contribution is 0.0690. The Morgan fingerprint density at radius 1 is 0.737 bits per heavy atom. The maximum atomic E-state index is 13.5. The smallest absolute Gasteiger partial charge is 0.339 e. The van der Waals surface area contributed by atoms with Gasteiger partial charge in [0.2, 0.25) is 0 Å². The molecule has 0 saturated heterocycles. The fourth-order valence-corrected chi connectivity index (χ4v) is 3.81. The maximum absolute atomic E-state index is 13.5. The van der Waals surface area contributed by atoms with Gasteiger partial charge in [-0.3, -0.25) is 0 Å². The van der Waals surface area contributed by atoms with Crippen molar-refractivity contribution in [1.29, 1.82) is 0 Å². The lowest BCUT2D eigenvalue weighted by atomic mass is 10.0. The van der Waals surface area contributed by atoms with E-state index in [0.29, 0.717) is 22.7 Å². The molecule has 4 aromatic carbocycles. The second-order valence-electron chi connectivity index (χ2n) is 8.13. The van der Waals surface area contributed by atoms with Crippen molar-refractivity contribution < 1.29 is 33.3 Å². The van der Waals surface area contributed by atoms with E-state index in [-0.39, 0.29) is 17.0 Å². The van der Waals surface area contributed by atoms with Gasteiger partial charge in [0.1, 0.15) is 23.2 Å². The third kappa shape index (κ3) is 6.19. The highest BCUT2D eigenvalue weighted by Crippen LogP contribution is 2.33. The summed E-state index contributed by atoms with van der Waals surface area (Å²) >= 11 is 0. The van der Waals surface area contributed by atoms with Crippen molar-refractivity contribution in [2.24, 2.45) is 0 Å². The Hall–Kier alpha value is -5.05. The number of rotatable bonds is 9. The van der Waals surface area contributed by atoms with E-state index < -0.39 is 23.9 Å². The molecule has 2 amide bonds. The van der Waals surface area contributed by atoms with Crippen LogP contribution in [0.1, 0.15) is 27.6 Å². The van der Waals surface area contributed by atoms with Gasteiger partial charge in [-0.1, -0.05) is 42.5 Å². The van der Waals surface area contributed by atoms with Gasteiger partial charge < -0.3 is 30.0 Å². The second-order valence-corrected chi connectivity index (χ2v) is 8.13. The number of carboxylic acids is 1. The molecule has 194 valence electrons. The van der Waals surface area contributed by atoms with Crippen molar-refractivity contribution >= 4 is 23.4 Å². The predicted molar refractivity (Wildman–Crippen MR) is 141 cm³/mol. The molecule has 0 spiro atoms. The van der Waals surface area contributed by atoms with E-state index in [1.807, 2.05) is 30.3 Å². The van der Waals surface area contributed by atoms with Crippen molar-refractivity contribution in [3.8, 4) is 17.2 Å². The van der Waals surface area contributed by atoms with E-state index in [2.05, 4.69) is 10.6 Å². The summed E-state index contributed by atoms with van der Waals surface area (Å²) in [5.41, 5.74) is 1.93. The lowest BCUT2D eigenvalue weighted by Gasteiger charge is -2.22. The molecule has 1 unspecified atom stereocenters. The zero-order valence-corrected chi connectivity index (χ0v) is 20.6. The van der Waals surface area contributed by atoms with Gasteiger partial charge in [0.05, 0.1) is 14.2 Å². The van der Waals surface area contributed by atoms with Gasteiger partial charge in [-0.05, 0) is 53.6 Å². The standard InChI is InChI=1S/C29H25FN2O6/c1-36-25-15-13-22(17-26(25)37-2)32-29(35)31-21-12-14-24(23(16-21)28(33)34)38-27(18-6-4-3-5-7-18)19-8-10-20(30)11-9-19/h3-17,27H,1-2H3,(H,33,34)(H2,31,32,35). The van der Waals surface area contributed by atoms with Gasteiger partial charge in [0.25, 0.3) is 0 Å². The molecule has 0 aliphatic rings. The molecule has 38 heavy (non-hydrogen) atoms. The summed E-state index contributed by atoms with van der Waals surface area (Å²) < 4.78 is 30.1. The summed E-state index contributed by atoms with van der Waals surface area (Å²) in [4.78, 5) is 24.7. The fourth-order valence-electron chi connectivity index (χ4n) is 3.81. The molecule has 0 fully saturated rings. The maximum Gasteiger partial charge on any atom is 0.339 e. The van der Waals surface area contributed by atoms with E-state index in [1.54, 1.807) is 30.3 Å². The van der Waals surface area contributed by atoms with Gasteiger partial charge in [-0.25, -0.2) is 14.0 Å². The first-order chi connectivity index (χ1) is 18.4. The number of carbonyl (C=O) groups is 2. The molecule has 0 radical (unpaired) electrons. The SMILES string of the molecule is COc1ccc(NC(=O)Nc2ccc(OC(c3ccccc3)c3ccc(F)cc3)c(C(=O)O)c2)cc1OC. The van der Waals surface area contributed by atoms with Crippen molar-refractivity contribution in [2.45, 2.75) is 6.10 Å². The average Bonchev–Trinajstić information content (AvgIpc) is 2.93. The number of methoxy groups -OCH3 is 2. The molecule has 4 rings (SSSR count). The summed E-state index contributed by atoms with van der Waals surface area (Å²) in [6.45, 7) is 0. The summed E-state index contributed by atoms with van der Waals surface area (Å²) in [5.74, 6) is -0.603. The van der Waals surface area contributed by atoms with Crippen LogP contribution in [0, 0.1) is 5.82 Å². The van der Waals surface area contributed by atoms with E-state index >= 15 is 0 Å². The molecule has 4 aromatic rings. The Bertz CT molecular complexity index is 1430. The Labute approximate surface area is 218 Å². The number of aromatic carboxylic acids is 1. The Morgan fingerprint density at radius 2 is 1.32 bits per heavy atom. The highest BCUT2D eigenvalue weighted by atomic mass is 19.1. The van der Waals surface area contributed by atoms with Crippen LogP contribution in [-0.2, 0) is 0 Å². The topological polar surface area (TPSA) is 106 Å². The normalized spacial score (nSPS) is 11.2. The first kappa shape index (κ1) is 26.0. The Kier molecular flexibility index (Phi) is 8.07. The van der Waals surface area contributed by atoms with Crippen LogP contribution in [0.4, 0.5) is 20.6 Å². The average molecular weight is 517 g/mol. The summed E-state index contributed by atoms with van der Waals surface area (Å²) in [7, 11) is 2.99. The number of ether oxygens (including phenoxy) is 3. The van der Waals surface area contributed by atoms with Gasteiger partial charge >= 0.3 is 12.0 Å². The molecule has 0 aromatic heterocycles. The van der Waals surface area contributed by atoms with E-state index in [1.165, 1.54) is 44.6 Å². The number of hydrogen-bond donors (Lipinski definition) is 3. The van der Waals surface area contributed by atoms with E-state index in [9.17, 15) is 19.1 Å². The van der Waals surface area contributed by atoms with Gasteiger partial charge in [0, 0.05) is 17.4 Å². The van der Waals surface area contributed by atoms with Gasteiger partial charge in [0.15, 0.2) is 11.5 Å². The Morgan fingerprint density at radius 3 is 1.92 bits per heavy atom. The first-order valence-corrected chi connectivity index (χ1v) is 11.5. The molecule has 3 N–H and O–H groups in total. The molecule has 8 nitrogen and oxygen atoms in total.